The van der Waals surface area contributed by atoms with Crippen LogP contribution in [-0.4, -0.2) is 25.5 Å². The third-order valence-electron chi connectivity index (χ3n) is 4.09. The van der Waals surface area contributed by atoms with E-state index in [0.717, 1.165) is 35.7 Å². The van der Waals surface area contributed by atoms with Gasteiger partial charge in [0.2, 0.25) is 5.95 Å². The van der Waals surface area contributed by atoms with Gasteiger partial charge in [-0.05, 0) is 56.2 Å². The SMILES string of the molecule is CCCc1nc2nc(Nc3ccc4ccsc4c3)nc(NC(C)(C)C)c2[nH]1. The van der Waals surface area contributed by atoms with Gasteiger partial charge in [0.1, 0.15) is 11.3 Å². The first-order valence-corrected chi connectivity index (χ1v) is 10.1. The van der Waals surface area contributed by atoms with Crippen molar-refractivity contribution in [2.75, 3.05) is 10.6 Å². The summed E-state index contributed by atoms with van der Waals surface area (Å²) in [6.45, 7) is 8.48. The fourth-order valence-electron chi connectivity index (χ4n) is 2.96. The maximum Gasteiger partial charge on any atom is 0.231 e. The molecule has 0 saturated heterocycles. The number of anilines is 3. The van der Waals surface area contributed by atoms with Crippen LogP contribution < -0.4 is 10.6 Å². The predicted molar refractivity (Wildman–Crippen MR) is 114 cm³/mol. The Balaban J connectivity index is 1.74. The van der Waals surface area contributed by atoms with Gasteiger partial charge in [-0.25, -0.2) is 4.98 Å². The van der Waals surface area contributed by atoms with Crippen LogP contribution in [-0.2, 0) is 6.42 Å². The van der Waals surface area contributed by atoms with Crippen molar-refractivity contribution in [3.05, 3.63) is 35.5 Å². The number of rotatable bonds is 5. The molecule has 6 nitrogen and oxygen atoms in total. The highest BCUT2D eigenvalue weighted by molar-refractivity contribution is 7.17. The average Bonchev–Trinajstić information content (AvgIpc) is 3.19. The van der Waals surface area contributed by atoms with E-state index in [2.05, 4.69) is 76.9 Å². The zero-order chi connectivity index (χ0) is 19.0. The Kier molecular flexibility index (Phi) is 4.47. The van der Waals surface area contributed by atoms with Crippen molar-refractivity contribution in [1.29, 1.82) is 0 Å². The van der Waals surface area contributed by atoms with Crippen molar-refractivity contribution in [3.8, 4) is 0 Å². The van der Waals surface area contributed by atoms with E-state index in [1.807, 2.05) is 6.07 Å². The van der Waals surface area contributed by atoms with Gasteiger partial charge in [-0.1, -0.05) is 13.0 Å². The molecule has 0 unspecified atom stereocenters. The Labute approximate surface area is 162 Å². The average molecular weight is 381 g/mol. The second-order valence-corrected chi connectivity index (χ2v) is 8.65. The van der Waals surface area contributed by atoms with Crippen molar-refractivity contribution >= 4 is 50.0 Å². The largest absolute Gasteiger partial charge is 0.364 e. The van der Waals surface area contributed by atoms with E-state index in [1.54, 1.807) is 11.3 Å². The Morgan fingerprint density at radius 1 is 1.11 bits per heavy atom. The summed E-state index contributed by atoms with van der Waals surface area (Å²) in [5, 5.41) is 10.1. The van der Waals surface area contributed by atoms with Crippen LogP contribution in [0, 0.1) is 0 Å². The Hall–Kier alpha value is -2.67. The third kappa shape index (κ3) is 3.88. The van der Waals surface area contributed by atoms with Gasteiger partial charge in [0.25, 0.3) is 0 Å². The van der Waals surface area contributed by atoms with Crippen LogP contribution >= 0.6 is 11.3 Å². The monoisotopic (exact) mass is 380 g/mol. The van der Waals surface area contributed by atoms with E-state index >= 15 is 0 Å². The van der Waals surface area contributed by atoms with E-state index in [4.69, 9.17) is 4.98 Å². The summed E-state index contributed by atoms with van der Waals surface area (Å²) >= 11 is 1.72. The summed E-state index contributed by atoms with van der Waals surface area (Å²) in [5.41, 5.74) is 2.38. The molecule has 3 aromatic heterocycles. The van der Waals surface area contributed by atoms with Crippen LogP contribution in [0.2, 0.25) is 0 Å². The highest BCUT2D eigenvalue weighted by atomic mass is 32.1. The highest BCUT2D eigenvalue weighted by Crippen LogP contribution is 2.28. The fraction of sp³-hybridized carbons (Fsp3) is 0.350. The molecule has 0 radical (unpaired) electrons. The fourth-order valence-corrected chi connectivity index (χ4v) is 3.79. The van der Waals surface area contributed by atoms with Crippen molar-refractivity contribution in [2.24, 2.45) is 0 Å². The maximum absolute atomic E-state index is 4.72. The van der Waals surface area contributed by atoms with E-state index in [-0.39, 0.29) is 5.54 Å². The van der Waals surface area contributed by atoms with Gasteiger partial charge in [-0.15, -0.1) is 11.3 Å². The van der Waals surface area contributed by atoms with Crippen LogP contribution in [0.25, 0.3) is 21.3 Å². The lowest BCUT2D eigenvalue weighted by Crippen LogP contribution is -2.27. The van der Waals surface area contributed by atoms with E-state index < -0.39 is 0 Å². The molecule has 0 bridgehead atoms. The summed E-state index contributed by atoms with van der Waals surface area (Å²) in [6, 6.07) is 8.40. The van der Waals surface area contributed by atoms with Gasteiger partial charge in [-0.2, -0.15) is 9.97 Å². The minimum Gasteiger partial charge on any atom is -0.364 e. The van der Waals surface area contributed by atoms with E-state index in [9.17, 15) is 0 Å². The zero-order valence-electron chi connectivity index (χ0n) is 16.1. The summed E-state index contributed by atoms with van der Waals surface area (Å²) in [4.78, 5) is 17.4. The summed E-state index contributed by atoms with van der Waals surface area (Å²) in [5.74, 6) is 2.25. The molecule has 0 saturated carbocycles. The molecule has 0 aliphatic heterocycles. The molecule has 0 atom stereocenters. The number of thiophene rings is 1. The topological polar surface area (TPSA) is 78.5 Å². The highest BCUT2D eigenvalue weighted by Gasteiger charge is 2.17. The standard InChI is InChI=1S/C20H24N6S/c1-5-6-15-22-16-17(23-15)24-19(25-18(16)26-20(2,3)4)21-13-8-7-12-9-10-27-14(12)11-13/h7-11H,5-6H2,1-4H3,(H3,21,22,23,24,25,26). The Morgan fingerprint density at radius 3 is 2.74 bits per heavy atom. The Morgan fingerprint density at radius 2 is 1.96 bits per heavy atom. The number of aromatic nitrogens is 4. The van der Waals surface area contributed by atoms with Crippen molar-refractivity contribution in [3.63, 3.8) is 0 Å². The third-order valence-corrected chi connectivity index (χ3v) is 4.97. The summed E-state index contributed by atoms with van der Waals surface area (Å²) in [6.07, 6.45) is 1.92. The lowest BCUT2D eigenvalue weighted by atomic mass is 10.1. The number of hydrogen-bond donors (Lipinski definition) is 3. The molecule has 3 heterocycles. The number of H-pyrrole nitrogens is 1. The first-order valence-electron chi connectivity index (χ1n) is 9.20. The van der Waals surface area contributed by atoms with Crippen molar-refractivity contribution in [2.45, 2.75) is 46.1 Å². The first-order chi connectivity index (χ1) is 12.9. The number of nitrogens with zero attached hydrogens (tertiary/aromatic N) is 3. The molecule has 0 spiro atoms. The summed E-state index contributed by atoms with van der Waals surface area (Å²) < 4.78 is 1.24. The van der Waals surface area contributed by atoms with Crippen LogP contribution in [0.1, 0.15) is 39.9 Å². The van der Waals surface area contributed by atoms with E-state index in [0.29, 0.717) is 11.6 Å². The van der Waals surface area contributed by atoms with Crippen LogP contribution in [0.3, 0.4) is 0 Å². The summed E-state index contributed by atoms with van der Waals surface area (Å²) in [7, 11) is 0. The van der Waals surface area contributed by atoms with Gasteiger partial charge < -0.3 is 15.6 Å². The molecule has 4 rings (SSSR count). The molecule has 7 heteroatoms. The van der Waals surface area contributed by atoms with Crippen molar-refractivity contribution in [1.82, 2.24) is 19.9 Å². The van der Waals surface area contributed by atoms with Crippen LogP contribution in [0.15, 0.2) is 29.6 Å². The second-order valence-electron chi connectivity index (χ2n) is 7.70. The van der Waals surface area contributed by atoms with Gasteiger partial charge in [0.15, 0.2) is 11.5 Å². The molecule has 140 valence electrons. The second kappa shape index (κ2) is 6.81. The molecule has 0 aliphatic rings. The smallest absolute Gasteiger partial charge is 0.231 e. The molecular formula is C20H24N6S. The van der Waals surface area contributed by atoms with Gasteiger partial charge in [0.05, 0.1) is 0 Å². The lowest BCUT2D eigenvalue weighted by Gasteiger charge is -2.21. The quantitative estimate of drug-likeness (QED) is 0.428. The minimum atomic E-state index is -0.121. The number of fused-ring (bicyclic) bond motifs is 2. The molecule has 4 aromatic rings. The number of aryl methyl sites for hydroxylation is 1. The predicted octanol–water partition coefficient (Wildman–Crippen LogP) is 5.47. The Bertz CT molecular complexity index is 1090. The molecule has 27 heavy (non-hydrogen) atoms. The minimum absolute atomic E-state index is 0.121. The molecule has 0 amide bonds. The number of benzene rings is 1. The number of hydrogen-bond acceptors (Lipinski definition) is 6. The molecule has 1 aromatic carbocycles. The van der Waals surface area contributed by atoms with E-state index in [1.165, 1.54) is 10.1 Å². The molecule has 0 fully saturated rings. The maximum atomic E-state index is 4.72. The number of aromatic amines is 1. The lowest BCUT2D eigenvalue weighted by molar-refractivity contribution is 0.631. The van der Waals surface area contributed by atoms with Gasteiger partial charge in [-0.3, -0.25) is 0 Å². The zero-order valence-corrected chi connectivity index (χ0v) is 16.9. The molecule has 3 N–H and O–H groups in total. The van der Waals surface area contributed by atoms with Gasteiger partial charge in [0, 0.05) is 22.3 Å². The number of nitrogens with one attached hydrogen (secondary N) is 3. The molecular weight excluding hydrogens is 356 g/mol. The van der Waals surface area contributed by atoms with Crippen LogP contribution in [0.5, 0.6) is 0 Å². The first kappa shape index (κ1) is 17.7. The van der Waals surface area contributed by atoms with Crippen LogP contribution in [0.4, 0.5) is 17.5 Å². The number of imidazole rings is 1. The molecule has 0 aliphatic carbocycles. The normalized spacial score (nSPS) is 12.0. The van der Waals surface area contributed by atoms with Gasteiger partial charge >= 0.3 is 0 Å². The van der Waals surface area contributed by atoms with Crippen molar-refractivity contribution < 1.29 is 0 Å².